The number of phenolic OH excluding ortho intramolecular Hbond substituents is 1. The van der Waals surface area contributed by atoms with Crippen LogP contribution in [0.2, 0.25) is 5.02 Å². The maximum Gasteiger partial charge on any atom is 0.235 e. The predicted octanol–water partition coefficient (Wildman–Crippen LogP) is 4.19. The second-order valence-corrected chi connectivity index (χ2v) is 7.60. The second kappa shape index (κ2) is 7.58. The van der Waals surface area contributed by atoms with E-state index in [2.05, 4.69) is 0 Å². The molecule has 0 saturated heterocycles. The van der Waals surface area contributed by atoms with Crippen LogP contribution in [-0.2, 0) is 11.3 Å². The smallest absolute Gasteiger partial charge is 0.235 e. The topological polar surface area (TPSA) is 49.8 Å². The molecular weight excluding hydrogens is 358 g/mol. The Morgan fingerprint density at radius 2 is 2.12 bits per heavy atom. The van der Waals surface area contributed by atoms with E-state index >= 15 is 0 Å². The number of hydrogen-bond donors (Lipinski definition) is 1. The highest BCUT2D eigenvalue weighted by Crippen LogP contribution is 2.38. The van der Waals surface area contributed by atoms with Gasteiger partial charge >= 0.3 is 0 Å². The fourth-order valence-electron chi connectivity index (χ4n) is 2.88. The lowest BCUT2D eigenvalue weighted by Crippen LogP contribution is -2.37. The molecule has 2 aromatic carbocycles. The highest BCUT2D eigenvalue weighted by molar-refractivity contribution is 7.99. The van der Waals surface area contributed by atoms with Crippen molar-refractivity contribution in [2.24, 2.45) is 0 Å². The second-order valence-electron chi connectivity index (χ2n) is 5.98. The van der Waals surface area contributed by atoms with Gasteiger partial charge in [0.2, 0.25) is 5.91 Å². The summed E-state index contributed by atoms with van der Waals surface area (Å²) in [7, 11) is 0. The van der Waals surface area contributed by atoms with Crippen molar-refractivity contribution in [1.82, 2.24) is 4.90 Å². The number of benzene rings is 2. The van der Waals surface area contributed by atoms with Crippen molar-refractivity contribution in [2.45, 2.75) is 18.7 Å². The first-order valence-corrected chi connectivity index (χ1v) is 9.72. The minimum atomic E-state index is -0.105. The third-order valence-corrected chi connectivity index (χ3v) is 5.43. The fraction of sp³-hybridized carbons (Fsp3) is 0.316. The van der Waals surface area contributed by atoms with Crippen LogP contribution in [0.3, 0.4) is 0 Å². The van der Waals surface area contributed by atoms with E-state index < -0.39 is 0 Å². The van der Waals surface area contributed by atoms with Gasteiger partial charge in [0.25, 0.3) is 0 Å². The van der Waals surface area contributed by atoms with Gasteiger partial charge < -0.3 is 14.7 Å². The average molecular weight is 378 g/mol. The van der Waals surface area contributed by atoms with Crippen LogP contribution in [0, 0.1) is 0 Å². The van der Waals surface area contributed by atoms with E-state index in [4.69, 9.17) is 16.3 Å². The quantitative estimate of drug-likeness (QED) is 0.871. The third kappa shape index (κ3) is 3.88. The molecule has 6 heteroatoms. The van der Waals surface area contributed by atoms with Gasteiger partial charge in [0.1, 0.15) is 6.61 Å². The van der Waals surface area contributed by atoms with Gasteiger partial charge in [-0.25, -0.2) is 0 Å². The molecular formula is C19H20ClNO3S. The highest BCUT2D eigenvalue weighted by Gasteiger charge is 2.25. The van der Waals surface area contributed by atoms with E-state index in [1.165, 1.54) is 11.8 Å². The van der Waals surface area contributed by atoms with Crippen molar-refractivity contribution in [3.05, 3.63) is 47.0 Å². The lowest BCUT2D eigenvalue weighted by atomic mass is 10.0. The van der Waals surface area contributed by atoms with Crippen molar-refractivity contribution in [2.75, 3.05) is 19.4 Å². The lowest BCUT2D eigenvalue weighted by Gasteiger charge is -2.23. The van der Waals surface area contributed by atoms with Gasteiger partial charge in [-0.2, -0.15) is 11.8 Å². The van der Waals surface area contributed by atoms with Crippen molar-refractivity contribution >= 4 is 29.3 Å². The third-order valence-electron chi connectivity index (χ3n) is 4.29. The maximum absolute atomic E-state index is 12.5. The van der Waals surface area contributed by atoms with Crippen LogP contribution in [0.5, 0.6) is 11.5 Å². The standard InChI is InChI=1S/C19H20ClNO3S/c1-12(25-2)19(23)21-6-7-24-18-15(11-21)8-14(10-17(18)22)13-4-3-5-16(20)9-13/h3-5,8-10,12,22H,6-7,11H2,1-2H3/t12-/m1/s1. The van der Waals surface area contributed by atoms with E-state index in [9.17, 15) is 9.90 Å². The number of phenols is 1. The summed E-state index contributed by atoms with van der Waals surface area (Å²) in [5, 5.41) is 10.9. The van der Waals surface area contributed by atoms with E-state index in [1.54, 1.807) is 11.0 Å². The summed E-state index contributed by atoms with van der Waals surface area (Å²) in [6.07, 6.45) is 1.92. The molecule has 1 heterocycles. The van der Waals surface area contributed by atoms with Gasteiger partial charge in [-0.1, -0.05) is 23.7 Å². The Kier molecular flexibility index (Phi) is 5.45. The zero-order valence-corrected chi connectivity index (χ0v) is 15.7. The molecule has 1 N–H and O–H groups in total. The average Bonchev–Trinajstić information content (AvgIpc) is 2.83. The van der Waals surface area contributed by atoms with E-state index in [0.717, 1.165) is 16.7 Å². The molecule has 0 bridgehead atoms. The van der Waals surface area contributed by atoms with E-state index in [1.807, 2.05) is 43.5 Å². The number of carbonyl (C=O) groups is 1. The minimum Gasteiger partial charge on any atom is -0.504 e. The van der Waals surface area contributed by atoms with Crippen LogP contribution in [0.15, 0.2) is 36.4 Å². The molecule has 0 aromatic heterocycles. The number of thioether (sulfide) groups is 1. The number of aromatic hydroxyl groups is 1. The number of nitrogens with zero attached hydrogens (tertiary/aromatic N) is 1. The van der Waals surface area contributed by atoms with Gasteiger partial charge in [0.05, 0.1) is 11.8 Å². The Hall–Kier alpha value is -1.85. The maximum atomic E-state index is 12.5. The first kappa shape index (κ1) is 18.0. The molecule has 3 rings (SSSR count). The Morgan fingerprint density at radius 3 is 2.84 bits per heavy atom. The number of halogens is 1. The van der Waals surface area contributed by atoms with Crippen LogP contribution in [0.4, 0.5) is 0 Å². The molecule has 4 nitrogen and oxygen atoms in total. The summed E-state index contributed by atoms with van der Waals surface area (Å²) in [5.74, 6) is 0.620. The molecule has 1 aliphatic heterocycles. The molecule has 25 heavy (non-hydrogen) atoms. The summed E-state index contributed by atoms with van der Waals surface area (Å²) in [5.41, 5.74) is 2.55. The first-order valence-electron chi connectivity index (χ1n) is 8.06. The van der Waals surface area contributed by atoms with Crippen LogP contribution in [0.25, 0.3) is 11.1 Å². The number of fused-ring (bicyclic) bond motifs is 1. The molecule has 132 valence electrons. The molecule has 0 spiro atoms. The van der Waals surface area contributed by atoms with Crippen LogP contribution < -0.4 is 4.74 Å². The number of rotatable bonds is 3. The first-order chi connectivity index (χ1) is 12.0. The molecule has 1 atom stereocenters. The Morgan fingerprint density at radius 1 is 1.32 bits per heavy atom. The molecule has 0 radical (unpaired) electrons. The van der Waals surface area contributed by atoms with E-state index in [-0.39, 0.29) is 16.9 Å². The van der Waals surface area contributed by atoms with E-state index in [0.29, 0.717) is 30.5 Å². The zero-order valence-electron chi connectivity index (χ0n) is 14.2. The predicted molar refractivity (Wildman–Crippen MR) is 102 cm³/mol. The fourth-order valence-corrected chi connectivity index (χ4v) is 3.42. The van der Waals surface area contributed by atoms with Gasteiger partial charge in [-0.15, -0.1) is 0 Å². The van der Waals surface area contributed by atoms with Gasteiger partial charge in [-0.3, -0.25) is 4.79 Å². The monoisotopic (exact) mass is 377 g/mol. The van der Waals surface area contributed by atoms with Crippen LogP contribution in [0.1, 0.15) is 12.5 Å². The number of ether oxygens (including phenoxy) is 1. The molecule has 0 unspecified atom stereocenters. The summed E-state index contributed by atoms with van der Waals surface area (Å²) < 4.78 is 5.71. The highest BCUT2D eigenvalue weighted by atomic mass is 35.5. The largest absolute Gasteiger partial charge is 0.504 e. The number of hydrogen-bond acceptors (Lipinski definition) is 4. The summed E-state index contributed by atoms with van der Waals surface area (Å²) in [6, 6.07) is 11.1. The van der Waals surface area contributed by atoms with Crippen LogP contribution >= 0.6 is 23.4 Å². The minimum absolute atomic E-state index is 0.0802. The van der Waals surface area contributed by atoms with Crippen LogP contribution in [-0.4, -0.2) is 40.6 Å². The Balaban J connectivity index is 1.98. The molecule has 0 fully saturated rings. The Bertz CT molecular complexity index is 796. The molecule has 2 aromatic rings. The molecule has 1 aliphatic rings. The molecule has 0 saturated carbocycles. The summed E-state index contributed by atoms with van der Waals surface area (Å²) >= 11 is 7.60. The Labute approximate surface area is 156 Å². The SMILES string of the molecule is CS[C@H](C)C(=O)N1CCOc2c(O)cc(-c3cccc(Cl)c3)cc2C1. The van der Waals surface area contributed by atoms with Gasteiger partial charge in [0.15, 0.2) is 11.5 Å². The zero-order chi connectivity index (χ0) is 18.0. The van der Waals surface area contributed by atoms with Crippen molar-refractivity contribution < 1.29 is 14.6 Å². The van der Waals surface area contributed by atoms with Crippen molar-refractivity contribution in [3.63, 3.8) is 0 Å². The normalized spacial score (nSPS) is 15.1. The molecule has 0 aliphatic carbocycles. The van der Waals surface area contributed by atoms with Gasteiger partial charge in [0, 0.05) is 17.1 Å². The van der Waals surface area contributed by atoms with Gasteiger partial charge in [-0.05, 0) is 48.6 Å². The summed E-state index contributed by atoms with van der Waals surface area (Å²) in [6.45, 7) is 3.19. The number of carbonyl (C=O) groups excluding carboxylic acids is 1. The molecule has 1 amide bonds. The van der Waals surface area contributed by atoms with Crippen molar-refractivity contribution in [1.29, 1.82) is 0 Å². The van der Waals surface area contributed by atoms with Crippen molar-refractivity contribution in [3.8, 4) is 22.6 Å². The summed E-state index contributed by atoms with van der Waals surface area (Å²) in [4.78, 5) is 14.3. The number of amides is 1. The lowest BCUT2D eigenvalue weighted by molar-refractivity contribution is -0.131.